The first-order valence-electron chi connectivity index (χ1n) is 10.9. The lowest BCUT2D eigenvalue weighted by atomic mass is 10.0. The van der Waals surface area contributed by atoms with Crippen molar-refractivity contribution in [2.75, 3.05) is 10.8 Å². The largest absolute Gasteiger partial charge is 0.486 e. The van der Waals surface area contributed by atoms with Crippen LogP contribution in [0.3, 0.4) is 0 Å². The van der Waals surface area contributed by atoms with Crippen molar-refractivity contribution < 1.29 is 36.2 Å². The first kappa shape index (κ1) is 25.6. The van der Waals surface area contributed by atoms with E-state index in [1.54, 1.807) is 18.2 Å². The third kappa shape index (κ3) is 5.72. The van der Waals surface area contributed by atoms with E-state index in [4.69, 9.17) is 9.84 Å². The number of carboxylic acid groups (broad SMARTS) is 1. The molecule has 2 aromatic carbocycles. The van der Waals surface area contributed by atoms with Crippen LogP contribution in [0.4, 0.5) is 18.9 Å². The number of allylic oxidation sites excluding steroid dienone is 1. The van der Waals surface area contributed by atoms with E-state index in [-0.39, 0.29) is 30.8 Å². The van der Waals surface area contributed by atoms with Gasteiger partial charge >= 0.3 is 12.1 Å². The predicted octanol–water partition coefficient (Wildman–Crippen LogP) is 5.73. The van der Waals surface area contributed by atoms with E-state index in [1.807, 2.05) is 19.9 Å². The fraction of sp³-hybridized carbons (Fsp3) is 0.375. The van der Waals surface area contributed by atoms with Crippen molar-refractivity contribution >= 4 is 27.8 Å². The van der Waals surface area contributed by atoms with Crippen LogP contribution in [0.25, 0.3) is 6.08 Å². The van der Waals surface area contributed by atoms with E-state index in [2.05, 4.69) is 0 Å². The quantitative estimate of drug-likeness (QED) is 0.504. The Labute approximate surface area is 196 Å². The summed E-state index contributed by atoms with van der Waals surface area (Å²) in [7, 11) is -4.40. The van der Waals surface area contributed by atoms with Crippen LogP contribution < -0.4 is 9.04 Å². The Morgan fingerprint density at radius 2 is 1.88 bits per heavy atom. The minimum atomic E-state index is -4.70. The number of rotatable bonds is 8. The standard InChI is InChI=1S/C24H26F3NO5S/c1-3-16(4-2)12-17-8-10-22-21(13-17)28(15-19(33-22)9-11-23(29)30)34(31,32)20-7-5-6-18(14-20)24(25,26)27/h5-8,10,12-14,19H,3-4,9,11,15H2,1-2H3,(H,29,30)/t19-/m0/s1. The van der Waals surface area contributed by atoms with Gasteiger partial charge in [-0.25, -0.2) is 8.42 Å². The van der Waals surface area contributed by atoms with Gasteiger partial charge in [0.15, 0.2) is 0 Å². The first-order chi connectivity index (χ1) is 16.0. The molecule has 6 nitrogen and oxygen atoms in total. The average Bonchev–Trinajstić information content (AvgIpc) is 2.80. The molecule has 0 saturated heterocycles. The highest BCUT2D eigenvalue weighted by Gasteiger charge is 2.37. The maximum absolute atomic E-state index is 13.5. The van der Waals surface area contributed by atoms with Crippen LogP contribution in [-0.4, -0.2) is 32.1 Å². The molecule has 0 aromatic heterocycles. The van der Waals surface area contributed by atoms with Crippen LogP contribution in [0.1, 0.15) is 50.7 Å². The van der Waals surface area contributed by atoms with Crippen molar-refractivity contribution in [1.29, 1.82) is 0 Å². The molecule has 10 heteroatoms. The Morgan fingerprint density at radius 1 is 1.18 bits per heavy atom. The highest BCUT2D eigenvalue weighted by molar-refractivity contribution is 7.92. The van der Waals surface area contributed by atoms with Gasteiger partial charge in [-0.3, -0.25) is 9.10 Å². The summed E-state index contributed by atoms with van der Waals surface area (Å²) < 4.78 is 73.6. The lowest BCUT2D eigenvalue weighted by Crippen LogP contribution is -2.43. The monoisotopic (exact) mass is 497 g/mol. The Balaban J connectivity index is 2.10. The van der Waals surface area contributed by atoms with E-state index in [1.165, 1.54) is 0 Å². The summed E-state index contributed by atoms with van der Waals surface area (Å²) in [5.74, 6) is -0.835. The molecule has 2 aromatic rings. The topological polar surface area (TPSA) is 83.9 Å². The molecule has 1 aliphatic rings. The van der Waals surface area contributed by atoms with E-state index in [0.29, 0.717) is 6.07 Å². The second-order valence-electron chi connectivity index (χ2n) is 7.97. The maximum atomic E-state index is 13.5. The number of carboxylic acids is 1. The number of aliphatic carboxylic acids is 1. The zero-order valence-electron chi connectivity index (χ0n) is 18.8. The van der Waals surface area contributed by atoms with Crippen molar-refractivity contribution in [2.45, 2.75) is 56.7 Å². The van der Waals surface area contributed by atoms with Crippen LogP contribution >= 0.6 is 0 Å². The van der Waals surface area contributed by atoms with E-state index >= 15 is 0 Å². The lowest BCUT2D eigenvalue weighted by Gasteiger charge is -2.35. The fourth-order valence-corrected chi connectivity index (χ4v) is 5.28. The molecule has 1 N–H and O–H groups in total. The van der Waals surface area contributed by atoms with Crippen LogP contribution in [0.15, 0.2) is 52.9 Å². The molecule has 34 heavy (non-hydrogen) atoms. The first-order valence-corrected chi connectivity index (χ1v) is 12.3. The van der Waals surface area contributed by atoms with Crippen LogP contribution in [0.5, 0.6) is 5.75 Å². The van der Waals surface area contributed by atoms with Gasteiger partial charge < -0.3 is 9.84 Å². The zero-order chi connectivity index (χ0) is 25.1. The third-order valence-electron chi connectivity index (χ3n) is 5.62. The summed E-state index contributed by atoms with van der Waals surface area (Å²) in [6.07, 6.45) is -2.11. The number of hydrogen-bond acceptors (Lipinski definition) is 4. The summed E-state index contributed by atoms with van der Waals surface area (Å²) in [6.45, 7) is 3.79. The molecule has 0 fully saturated rings. The van der Waals surface area contributed by atoms with E-state index in [9.17, 15) is 26.4 Å². The molecular formula is C24H26F3NO5S. The Bertz CT molecular complexity index is 1190. The molecular weight excluding hydrogens is 471 g/mol. The minimum Gasteiger partial charge on any atom is -0.486 e. The molecule has 0 unspecified atom stereocenters. The minimum absolute atomic E-state index is 0.0425. The average molecular weight is 498 g/mol. The number of hydrogen-bond donors (Lipinski definition) is 1. The van der Waals surface area contributed by atoms with Crippen molar-refractivity contribution in [1.82, 2.24) is 0 Å². The Hall–Kier alpha value is -3.01. The summed E-state index contributed by atoms with van der Waals surface area (Å²) in [5.41, 5.74) is 0.999. The van der Waals surface area contributed by atoms with Crippen LogP contribution in [-0.2, 0) is 21.0 Å². The Morgan fingerprint density at radius 3 is 2.50 bits per heavy atom. The number of anilines is 1. The number of ether oxygens (including phenoxy) is 1. The number of halogens is 3. The normalized spacial score (nSPS) is 15.9. The molecule has 0 amide bonds. The van der Waals surface area contributed by atoms with Gasteiger partial charge in [0.2, 0.25) is 0 Å². The van der Waals surface area contributed by atoms with E-state index in [0.717, 1.165) is 46.5 Å². The fourth-order valence-electron chi connectivity index (χ4n) is 3.73. The summed E-state index contributed by atoms with van der Waals surface area (Å²) in [5, 5.41) is 9.02. The number of benzene rings is 2. The van der Waals surface area contributed by atoms with Gasteiger partial charge in [0.25, 0.3) is 10.0 Å². The molecule has 1 atom stereocenters. The Kier molecular flexibility index (Phi) is 7.60. The number of alkyl halides is 3. The molecule has 1 heterocycles. The summed E-state index contributed by atoms with van der Waals surface area (Å²) in [4.78, 5) is 10.5. The van der Waals surface area contributed by atoms with E-state index < -0.39 is 38.7 Å². The third-order valence-corrected chi connectivity index (χ3v) is 7.40. The molecule has 0 saturated carbocycles. The number of sulfonamides is 1. The number of carbonyl (C=O) groups is 1. The van der Waals surface area contributed by atoms with Crippen molar-refractivity contribution in [3.8, 4) is 5.75 Å². The second-order valence-corrected chi connectivity index (χ2v) is 9.83. The highest BCUT2D eigenvalue weighted by Crippen LogP contribution is 2.40. The summed E-state index contributed by atoms with van der Waals surface area (Å²) >= 11 is 0. The van der Waals surface area contributed by atoms with Gasteiger partial charge in [0.05, 0.1) is 22.7 Å². The molecule has 0 aliphatic carbocycles. The van der Waals surface area contributed by atoms with Gasteiger partial charge in [-0.15, -0.1) is 0 Å². The van der Waals surface area contributed by atoms with Crippen LogP contribution in [0.2, 0.25) is 0 Å². The second kappa shape index (κ2) is 10.1. The zero-order valence-corrected chi connectivity index (χ0v) is 19.6. The maximum Gasteiger partial charge on any atom is 0.416 e. The van der Waals surface area contributed by atoms with Gasteiger partial charge in [-0.2, -0.15) is 13.2 Å². The molecule has 3 rings (SSSR count). The predicted molar refractivity (Wildman–Crippen MR) is 122 cm³/mol. The number of fused-ring (bicyclic) bond motifs is 1. The van der Waals surface area contributed by atoms with Gasteiger partial charge in [0, 0.05) is 6.42 Å². The molecule has 0 bridgehead atoms. The van der Waals surface area contributed by atoms with Crippen LogP contribution in [0, 0.1) is 0 Å². The number of nitrogens with zero attached hydrogens (tertiary/aromatic N) is 1. The highest BCUT2D eigenvalue weighted by atomic mass is 32.2. The van der Waals surface area contributed by atoms with Gasteiger partial charge in [0.1, 0.15) is 11.9 Å². The summed E-state index contributed by atoms with van der Waals surface area (Å²) in [6, 6.07) is 8.56. The van der Waals surface area contributed by atoms with Crippen molar-refractivity contribution in [3.05, 3.63) is 59.2 Å². The van der Waals surface area contributed by atoms with Crippen molar-refractivity contribution in [3.63, 3.8) is 0 Å². The van der Waals surface area contributed by atoms with Crippen molar-refractivity contribution in [2.24, 2.45) is 0 Å². The molecule has 0 spiro atoms. The SMILES string of the molecule is CCC(=Cc1ccc2c(c1)N(S(=O)(=O)c1cccc(C(F)(F)F)c1)C[C@H](CCC(=O)O)O2)CC. The molecule has 0 radical (unpaired) electrons. The smallest absolute Gasteiger partial charge is 0.416 e. The molecule has 184 valence electrons. The van der Waals surface area contributed by atoms with Gasteiger partial charge in [-0.05, 0) is 55.2 Å². The molecule has 1 aliphatic heterocycles. The lowest BCUT2D eigenvalue weighted by molar-refractivity contribution is -0.138. The van der Waals surface area contributed by atoms with Gasteiger partial charge in [-0.1, -0.05) is 37.6 Å².